The highest BCUT2D eigenvalue weighted by Gasteiger charge is 2.72. The number of rotatable bonds is 6. The molecule has 1 aromatic heterocycles. The predicted octanol–water partition coefficient (Wildman–Crippen LogP) is 4.87. The van der Waals surface area contributed by atoms with E-state index in [4.69, 9.17) is 11.6 Å². The molecule has 166 valence electrons. The molecule has 1 aromatic carbocycles. The van der Waals surface area contributed by atoms with Crippen molar-refractivity contribution in [3.63, 3.8) is 0 Å². The Balaban J connectivity index is 1.29. The maximum atomic E-state index is 13.7. The molecule has 1 amide bonds. The smallest absolute Gasteiger partial charge is 0.249 e. The van der Waals surface area contributed by atoms with Crippen molar-refractivity contribution in [1.29, 1.82) is 0 Å². The highest BCUT2D eigenvalue weighted by Crippen LogP contribution is 2.74. The van der Waals surface area contributed by atoms with E-state index in [1.54, 1.807) is 23.6 Å². The van der Waals surface area contributed by atoms with Gasteiger partial charge in [-0.25, -0.2) is 13.8 Å². The topological polar surface area (TPSA) is 61.2 Å². The summed E-state index contributed by atoms with van der Waals surface area (Å²) < 4.78 is 27.4. The lowest BCUT2D eigenvalue weighted by atomic mass is 9.34. The molecule has 1 unspecified atom stereocenters. The zero-order valence-electron chi connectivity index (χ0n) is 17.6. The summed E-state index contributed by atoms with van der Waals surface area (Å²) in [6, 6.07) is 2.87. The number of aryl methyl sites for hydroxylation is 1. The minimum absolute atomic E-state index is 0.0419. The van der Waals surface area contributed by atoms with Gasteiger partial charge in [-0.3, -0.25) is 14.8 Å². The Morgan fingerprint density at radius 1 is 1.28 bits per heavy atom. The van der Waals surface area contributed by atoms with E-state index in [0.29, 0.717) is 42.8 Å². The van der Waals surface area contributed by atoms with E-state index in [-0.39, 0.29) is 11.3 Å². The normalized spacial score (nSPS) is 27.6. The summed E-state index contributed by atoms with van der Waals surface area (Å²) >= 11 is 6.34. The fraction of sp³-hybridized carbons (Fsp3) is 0.391. The second kappa shape index (κ2) is 7.33. The van der Waals surface area contributed by atoms with Crippen LogP contribution < -0.4 is 5.01 Å². The summed E-state index contributed by atoms with van der Waals surface area (Å²) in [6.45, 7) is 6.22. The Hall–Kier alpha value is -2.87. The summed E-state index contributed by atoms with van der Waals surface area (Å²) in [6.07, 6.45) is 7.51. The van der Waals surface area contributed by atoms with Crippen LogP contribution in [0.15, 0.2) is 40.8 Å². The maximum Gasteiger partial charge on any atom is 0.249 e. The molecule has 1 atom stereocenters. The van der Waals surface area contributed by atoms with Gasteiger partial charge in [-0.2, -0.15) is 10.2 Å². The fourth-order valence-electron chi connectivity index (χ4n) is 5.66. The van der Waals surface area contributed by atoms with Gasteiger partial charge in [0.25, 0.3) is 0 Å². The molecule has 0 spiro atoms. The van der Waals surface area contributed by atoms with Gasteiger partial charge in [-0.1, -0.05) is 11.6 Å². The van der Waals surface area contributed by atoms with E-state index in [1.165, 1.54) is 17.1 Å². The monoisotopic (exact) mass is 457 g/mol. The van der Waals surface area contributed by atoms with E-state index < -0.39 is 23.1 Å². The van der Waals surface area contributed by atoms with Crippen molar-refractivity contribution in [3.8, 4) is 0 Å². The highest BCUT2D eigenvalue weighted by molar-refractivity contribution is 6.33. The first-order valence-electron chi connectivity index (χ1n) is 10.4. The lowest BCUT2D eigenvalue weighted by molar-refractivity contribution is -0.214. The maximum absolute atomic E-state index is 13.7. The Kier molecular flexibility index (Phi) is 4.81. The van der Waals surface area contributed by atoms with Crippen molar-refractivity contribution >= 4 is 36.1 Å². The first-order chi connectivity index (χ1) is 15.3. The second-order valence-corrected chi connectivity index (χ2v) is 9.61. The van der Waals surface area contributed by atoms with E-state index in [0.717, 1.165) is 17.3 Å². The molecule has 3 aliphatic carbocycles. The summed E-state index contributed by atoms with van der Waals surface area (Å²) in [4.78, 5) is 17.5. The van der Waals surface area contributed by atoms with Gasteiger partial charge in [-0.05, 0) is 54.9 Å². The summed E-state index contributed by atoms with van der Waals surface area (Å²) in [7, 11) is 0. The first-order valence-corrected chi connectivity index (χ1v) is 10.8. The fourth-order valence-corrected chi connectivity index (χ4v) is 5.96. The lowest BCUT2D eigenvalue weighted by Crippen LogP contribution is -2.70. The molecular formula is C23H22ClF2N5O. The predicted molar refractivity (Wildman–Crippen MR) is 119 cm³/mol. The number of aromatic nitrogens is 1. The van der Waals surface area contributed by atoms with Crippen molar-refractivity contribution in [2.24, 2.45) is 21.0 Å². The van der Waals surface area contributed by atoms with Gasteiger partial charge in [0.15, 0.2) is 0 Å². The number of hydrogen-bond acceptors (Lipinski definition) is 5. The van der Waals surface area contributed by atoms with Crippen LogP contribution in [0, 0.1) is 29.4 Å². The van der Waals surface area contributed by atoms with Gasteiger partial charge in [0.2, 0.25) is 5.91 Å². The largest absolute Gasteiger partial charge is 0.272 e. The van der Waals surface area contributed by atoms with Crippen molar-refractivity contribution in [2.75, 3.05) is 11.6 Å². The molecule has 3 fully saturated rings. The van der Waals surface area contributed by atoms with Crippen LogP contribution in [0.25, 0.3) is 0 Å². The Labute approximate surface area is 189 Å². The zero-order chi connectivity index (χ0) is 22.7. The molecule has 9 heteroatoms. The molecule has 2 aromatic rings. The van der Waals surface area contributed by atoms with Crippen LogP contribution in [-0.2, 0) is 4.79 Å². The third kappa shape index (κ3) is 3.20. The molecule has 32 heavy (non-hydrogen) atoms. The number of carbonyl (C=O) groups is 1. The lowest BCUT2D eigenvalue weighted by Gasteiger charge is -2.70. The number of benzene rings is 1. The third-order valence-corrected chi connectivity index (χ3v) is 7.15. The summed E-state index contributed by atoms with van der Waals surface area (Å²) in [5, 5.41) is 12.1. The standard InChI is InChI=1S/C23H22ClF2N5O/c1-14-8-28-9-18(24)20(14)30(27-2)13-22-10-23(11-22,12-22)21(32)31-19(3-4-29-31)15-5-16(25)7-17(26)6-15/h4-9,19H,2-3,10-13H2,1H3. The number of halogens is 3. The molecule has 2 bridgehead atoms. The van der Waals surface area contributed by atoms with Gasteiger partial charge >= 0.3 is 0 Å². The van der Waals surface area contributed by atoms with Crippen LogP contribution in [0.4, 0.5) is 14.5 Å². The van der Waals surface area contributed by atoms with Crippen LogP contribution in [0.3, 0.4) is 0 Å². The van der Waals surface area contributed by atoms with E-state index in [2.05, 4.69) is 21.9 Å². The quantitative estimate of drug-likeness (QED) is 0.459. The highest BCUT2D eigenvalue weighted by atomic mass is 35.5. The van der Waals surface area contributed by atoms with Crippen LogP contribution in [0.2, 0.25) is 5.02 Å². The van der Waals surface area contributed by atoms with Crippen molar-refractivity contribution < 1.29 is 13.6 Å². The number of nitrogens with zero attached hydrogens (tertiary/aromatic N) is 5. The minimum atomic E-state index is -0.661. The van der Waals surface area contributed by atoms with E-state index in [9.17, 15) is 13.6 Å². The van der Waals surface area contributed by atoms with Crippen LogP contribution in [0.1, 0.15) is 42.9 Å². The Bertz CT molecular complexity index is 1090. The molecule has 6 nitrogen and oxygen atoms in total. The molecule has 0 radical (unpaired) electrons. The average Bonchev–Trinajstić information content (AvgIpc) is 3.16. The third-order valence-electron chi connectivity index (χ3n) is 6.87. The van der Waals surface area contributed by atoms with E-state index >= 15 is 0 Å². The van der Waals surface area contributed by atoms with Gasteiger partial charge in [0.05, 0.1) is 22.2 Å². The molecule has 4 aliphatic rings. The average molecular weight is 458 g/mol. The number of carbonyl (C=O) groups excluding carboxylic acids is 1. The first kappa shape index (κ1) is 21.0. The van der Waals surface area contributed by atoms with Crippen LogP contribution in [-0.4, -0.2) is 35.4 Å². The Morgan fingerprint density at radius 3 is 2.59 bits per heavy atom. The second-order valence-electron chi connectivity index (χ2n) is 9.20. The number of hydrazone groups is 2. The minimum Gasteiger partial charge on any atom is -0.272 e. The molecule has 0 saturated heterocycles. The van der Waals surface area contributed by atoms with Crippen LogP contribution >= 0.6 is 11.6 Å². The molecule has 2 heterocycles. The molecular weight excluding hydrogens is 436 g/mol. The Morgan fingerprint density at radius 2 is 1.97 bits per heavy atom. The number of pyridine rings is 1. The molecule has 0 N–H and O–H groups in total. The van der Waals surface area contributed by atoms with Crippen molar-refractivity contribution in [1.82, 2.24) is 9.99 Å². The molecule has 3 saturated carbocycles. The summed E-state index contributed by atoms with van der Waals surface area (Å²) in [5.74, 6) is -1.41. The molecule has 6 rings (SSSR count). The SMILES string of the molecule is C=NN(CC12CC(C(=O)N3N=CCC3c3cc(F)cc(F)c3)(C1)C2)c1c(C)cncc1Cl. The van der Waals surface area contributed by atoms with Gasteiger partial charge in [0, 0.05) is 44.4 Å². The number of amides is 1. The van der Waals surface area contributed by atoms with Crippen LogP contribution in [0.5, 0.6) is 0 Å². The van der Waals surface area contributed by atoms with E-state index in [1.807, 2.05) is 6.92 Å². The summed E-state index contributed by atoms with van der Waals surface area (Å²) in [5.41, 5.74) is 1.58. The zero-order valence-corrected chi connectivity index (χ0v) is 18.3. The van der Waals surface area contributed by atoms with Gasteiger partial charge < -0.3 is 0 Å². The number of anilines is 1. The molecule has 1 aliphatic heterocycles. The number of hydrogen-bond donors (Lipinski definition) is 0. The van der Waals surface area contributed by atoms with Gasteiger partial charge in [0.1, 0.15) is 11.6 Å². The van der Waals surface area contributed by atoms with Gasteiger partial charge in [-0.15, -0.1) is 0 Å². The van der Waals surface area contributed by atoms with Crippen molar-refractivity contribution in [3.05, 3.63) is 58.4 Å². The van der Waals surface area contributed by atoms with Crippen molar-refractivity contribution in [2.45, 2.75) is 38.6 Å².